The zero-order valence-electron chi connectivity index (χ0n) is 26.5. The van der Waals surface area contributed by atoms with Crippen LogP contribution in [0.25, 0.3) is 0 Å². The fourth-order valence-electron chi connectivity index (χ4n) is 7.52. The Morgan fingerprint density at radius 1 is 1.02 bits per heavy atom. The van der Waals surface area contributed by atoms with E-state index in [1.807, 2.05) is 14.0 Å². The molecule has 0 spiro atoms. The summed E-state index contributed by atoms with van der Waals surface area (Å²) in [6, 6.07) is 8.47. The van der Waals surface area contributed by atoms with E-state index < -0.39 is 48.0 Å². The van der Waals surface area contributed by atoms with Gasteiger partial charge in [-0.1, -0.05) is 26.0 Å². The number of alkyl halides is 6. The van der Waals surface area contributed by atoms with Gasteiger partial charge in [-0.2, -0.15) is 13.2 Å². The molecule has 2 fully saturated rings. The second-order valence-corrected chi connectivity index (χ2v) is 13.5. The Morgan fingerprint density at radius 2 is 1.74 bits per heavy atom. The Kier molecular flexibility index (Phi) is 8.02. The van der Waals surface area contributed by atoms with Crippen molar-refractivity contribution >= 4 is 11.6 Å². The quantitative estimate of drug-likeness (QED) is 0.267. The maximum absolute atomic E-state index is 16.0. The molecule has 1 amide bonds. The predicted molar refractivity (Wildman–Crippen MR) is 160 cm³/mol. The first kappa shape index (κ1) is 32.5. The Balaban J connectivity index is 1.36. The molecule has 1 aliphatic carbocycles. The normalized spacial score (nSPS) is 23.0. The number of carbonyl (C=O) groups excluding carboxylic acids is 1. The molecule has 3 aromatic rings. The van der Waals surface area contributed by atoms with Crippen LogP contribution in [0.3, 0.4) is 0 Å². The molecule has 3 aliphatic rings. The van der Waals surface area contributed by atoms with Gasteiger partial charge in [0.25, 0.3) is 5.91 Å². The monoisotopic (exact) mass is 648 g/mol. The summed E-state index contributed by atoms with van der Waals surface area (Å²) in [7, 11) is 3.54. The van der Waals surface area contributed by atoms with Crippen molar-refractivity contribution in [3.63, 3.8) is 0 Å². The number of aryl methyl sites for hydroxylation is 1. The van der Waals surface area contributed by atoms with Crippen LogP contribution in [0.1, 0.15) is 84.3 Å². The summed E-state index contributed by atoms with van der Waals surface area (Å²) in [5.41, 5.74) is -1.85. The van der Waals surface area contributed by atoms with Crippen LogP contribution in [-0.4, -0.2) is 69.1 Å². The third-order valence-electron chi connectivity index (χ3n) is 10.1. The Hall–Kier alpha value is -3.45. The van der Waals surface area contributed by atoms with Gasteiger partial charge < -0.3 is 14.4 Å². The summed E-state index contributed by atoms with van der Waals surface area (Å²) < 4.78 is 89.8. The van der Waals surface area contributed by atoms with Crippen LogP contribution in [0.15, 0.2) is 42.7 Å². The van der Waals surface area contributed by atoms with Crippen molar-refractivity contribution in [1.82, 2.24) is 24.6 Å². The number of hydrogen-bond acceptors (Lipinski definition) is 5. The molecule has 1 aromatic heterocycles. The van der Waals surface area contributed by atoms with Gasteiger partial charge in [0, 0.05) is 68.3 Å². The molecular formula is C33H38F6N6O. The fraction of sp³-hybridized carbons (Fsp3) is 0.545. The zero-order chi connectivity index (χ0) is 33.3. The first-order valence-corrected chi connectivity index (χ1v) is 15.5. The molecule has 7 nitrogen and oxygen atoms in total. The molecule has 0 radical (unpaired) electrons. The first-order valence-electron chi connectivity index (χ1n) is 15.5. The van der Waals surface area contributed by atoms with E-state index in [0.717, 1.165) is 19.2 Å². The molecule has 3 heterocycles. The largest absolute Gasteiger partial charge is 0.416 e. The number of halogens is 6. The summed E-state index contributed by atoms with van der Waals surface area (Å²) in [5, 5.41) is 7.49. The molecule has 248 valence electrons. The molecule has 2 aromatic carbocycles. The van der Waals surface area contributed by atoms with Gasteiger partial charge in [-0.05, 0) is 60.8 Å². The highest BCUT2D eigenvalue weighted by molar-refractivity contribution is 6.10. The van der Waals surface area contributed by atoms with Crippen LogP contribution in [0.2, 0.25) is 0 Å². The summed E-state index contributed by atoms with van der Waals surface area (Å²) in [4.78, 5) is 19.5. The van der Waals surface area contributed by atoms with E-state index in [-0.39, 0.29) is 52.7 Å². The number of amides is 1. The van der Waals surface area contributed by atoms with Gasteiger partial charge in [-0.25, -0.2) is 13.2 Å². The zero-order valence-corrected chi connectivity index (χ0v) is 26.5. The minimum Gasteiger partial charge on any atom is -0.318 e. The van der Waals surface area contributed by atoms with Crippen molar-refractivity contribution in [2.75, 3.05) is 31.6 Å². The van der Waals surface area contributed by atoms with E-state index >= 15 is 4.39 Å². The highest BCUT2D eigenvalue weighted by atomic mass is 19.4. The number of rotatable bonds is 7. The second kappa shape index (κ2) is 11.4. The Labute approximate surface area is 264 Å². The number of hydrogen-bond donors (Lipinski definition) is 0. The van der Waals surface area contributed by atoms with Crippen LogP contribution < -0.4 is 4.90 Å². The van der Waals surface area contributed by atoms with Crippen molar-refractivity contribution in [2.24, 2.45) is 13.0 Å². The fourth-order valence-corrected chi connectivity index (χ4v) is 7.52. The lowest BCUT2D eigenvalue weighted by molar-refractivity contribution is -0.151. The predicted octanol–water partition coefficient (Wildman–Crippen LogP) is 6.71. The third-order valence-corrected chi connectivity index (χ3v) is 10.1. The van der Waals surface area contributed by atoms with E-state index in [9.17, 15) is 26.7 Å². The number of anilines is 1. The van der Waals surface area contributed by atoms with Crippen molar-refractivity contribution < 1.29 is 31.1 Å². The number of benzene rings is 2. The second-order valence-electron chi connectivity index (χ2n) is 13.5. The highest BCUT2D eigenvalue weighted by Gasteiger charge is 2.63. The lowest BCUT2D eigenvalue weighted by Gasteiger charge is -2.49. The molecule has 3 atom stereocenters. The van der Waals surface area contributed by atoms with Crippen molar-refractivity contribution in [3.05, 3.63) is 76.4 Å². The number of piperazine rings is 1. The molecule has 1 saturated carbocycles. The van der Waals surface area contributed by atoms with E-state index in [2.05, 4.69) is 33.8 Å². The number of nitrogens with zero attached hydrogens (tertiary/aromatic N) is 6. The number of fused-ring (bicyclic) bond motifs is 1. The van der Waals surface area contributed by atoms with Crippen LogP contribution >= 0.6 is 0 Å². The average Bonchev–Trinajstić information content (AvgIpc) is 3.56. The molecule has 2 aliphatic heterocycles. The van der Waals surface area contributed by atoms with Crippen molar-refractivity contribution in [3.8, 4) is 0 Å². The van der Waals surface area contributed by atoms with Crippen LogP contribution in [-0.2, 0) is 25.2 Å². The van der Waals surface area contributed by atoms with Gasteiger partial charge in [0.15, 0.2) is 12.0 Å². The van der Waals surface area contributed by atoms with E-state index in [0.29, 0.717) is 12.1 Å². The summed E-state index contributed by atoms with van der Waals surface area (Å²) in [6.07, 6.45) is -6.92. The highest BCUT2D eigenvalue weighted by Crippen LogP contribution is 2.60. The van der Waals surface area contributed by atoms with E-state index in [4.69, 9.17) is 0 Å². The molecule has 13 heteroatoms. The van der Waals surface area contributed by atoms with Crippen molar-refractivity contribution in [1.29, 1.82) is 0 Å². The number of carbonyl (C=O) groups is 1. The standard InChI is InChI=1S/C33H38F6N6O/c1-19(2)27-15-42(4)9-10-44(27)20(3)21-11-24-25(26(12-21)33(37,38)39)14-45(30(24)46)23-8-6-7-22(13-23)31(16-32(35,36)17-31)28(34)29-41-40-18-43(29)5/h6-8,11-13,18-20,27-28H,9-10,14-17H2,1-5H3/t20?,27-,28+/m1/s1. The average molecular weight is 649 g/mol. The van der Waals surface area contributed by atoms with E-state index in [1.54, 1.807) is 6.07 Å². The van der Waals surface area contributed by atoms with Gasteiger partial charge in [0.05, 0.1) is 12.1 Å². The summed E-state index contributed by atoms with van der Waals surface area (Å²) in [5.74, 6) is -3.57. The van der Waals surface area contributed by atoms with E-state index in [1.165, 1.54) is 47.1 Å². The van der Waals surface area contributed by atoms with Gasteiger partial charge in [0.2, 0.25) is 5.92 Å². The SMILES string of the molecule is CC(C)[C@H]1CN(C)CCN1C(C)c1cc2c(c(C(F)(F)F)c1)CN(c1cccc(C3([C@@H](F)c4nncn4C)CC(F)(F)C3)c1)C2=O. The lowest BCUT2D eigenvalue weighted by Crippen LogP contribution is -2.54. The van der Waals surface area contributed by atoms with Gasteiger partial charge in [0.1, 0.15) is 6.33 Å². The molecule has 6 rings (SSSR count). The molecule has 0 N–H and O–H groups in total. The van der Waals surface area contributed by atoms with Gasteiger partial charge in [-0.15, -0.1) is 10.2 Å². The Bertz CT molecular complexity index is 1630. The molecule has 0 bridgehead atoms. The van der Waals surface area contributed by atoms with Gasteiger partial charge >= 0.3 is 6.18 Å². The molecule has 46 heavy (non-hydrogen) atoms. The van der Waals surface area contributed by atoms with Crippen LogP contribution in [0.4, 0.5) is 32.0 Å². The Morgan fingerprint density at radius 3 is 2.35 bits per heavy atom. The lowest BCUT2D eigenvalue weighted by atomic mass is 9.59. The molecular weight excluding hydrogens is 610 g/mol. The number of likely N-dealkylation sites (N-methyl/N-ethyl adjacent to an activating group) is 1. The topological polar surface area (TPSA) is 57.5 Å². The minimum absolute atomic E-state index is 0.0374. The first-order chi connectivity index (χ1) is 21.5. The van der Waals surface area contributed by atoms with Crippen LogP contribution in [0, 0.1) is 5.92 Å². The third kappa shape index (κ3) is 5.48. The summed E-state index contributed by atoms with van der Waals surface area (Å²) in [6.45, 7) is 7.95. The van der Waals surface area contributed by atoms with Crippen molar-refractivity contribution in [2.45, 2.75) is 75.9 Å². The smallest absolute Gasteiger partial charge is 0.318 e. The maximum Gasteiger partial charge on any atom is 0.416 e. The van der Waals surface area contributed by atoms with Gasteiger partial charge in [-0.3, -0.25) is 9.69 Å². The number of aromatic nitrogens is 3. The van der Waals surface area contributed by atoms with Crippen LogP contribution in [0.5, 0.6) is 0 Å². The minimum atomic E-state index is -4.71. The molecule has 1 saturated heterocycles. The maximum atomic E-state index is 16.0. The summed E-state index contributed by atoms with van der Waals surface area (Å²) >= 11 is 0. The molecule has 1 unspecified atom stereocenters.